The summed E-state index contributed by atoms with van der Waals surface area (Å²) in [6.07, 6.45) is 3.05. The van der Waals surface area contributed by atoms with Crippen LogP contribution in [0.4, 0.5) is 5.69 Å². The number of ketones is 1. The van der Waals surface area contributed by atoms with Gasteiger partial charge in [-0.1, -0.05) is 70.0 Å². The SMILES string of the molecule is CC1=CC2CC1C1C(=O)N(c3ccc(-c4cc(C(=O)OCC(=O)c5ccc(Br)cc5)c5cccc(C)c5n4)cc3)C(=O)C21. The van der Waals surface area contributed by atoms with Crippen molar-refractivity contribution in [2.24, 2.45) is 23.7 Å². The number of ether oxygens (including phenoxy) is 1. The molecule has 4 atom stereocenters. The second-order valence-corrected chi connectivity index (χ2v) is 12.5. The third kappa shape index (κ3) is 4.52. The largest absolute Gasteiger partial charge is 0.454 e. The summed E-state index contributed by atoms with van der Waals surface area (Å²) in [5.41, 5.74) is 5.28. The summed E-state index contributed by atoms with van der Waals surface area (Å²) in [7, 11) is 0. The Hall–Kier alpha value is -4.43. The van der Waals surface area contributed by atoms with Gasteiger partial charge in [-0.05, 0) is 68.0 Å². The third-order valence-electron chi connectivity index (χ3n) is 9.06. The molecule has 1 saturated heterocycles. The molecule has 7 nitrogen and oxygen atoms in total. The third-order valence-corrected chi connectivity index (χ3v) is 9.59. The summed E-state index contributed by atoms with van der Waals surface area (Å²) >= 11 is 3.35. The predicted octanol–water partition coefficient (Wildman–Crippen LogP) is 6.71. The van der Waals surface area contributed by atoms with Gasteiger partial charge in [0.05, 0.1) is 34.3 Å². The number of para-hydroxylation sites is 1. The second kappa shape index (κ2) is 10.4. The lowest BCUT2D eigenvalue weighted by Gasteiger charge is -2.19. The molecule has 2 fully saturated rings. The Morgan fingerprint density at radius 1 is 0.953 bits per heavy atom. The van der Waals surface area contributed by atoms with E-state index in [-0.39, 0.29) is 41.3 Å². The van der Waals surface area contributed by atoms with Crippen LogP contribution >= 0.6 is 15.9 Å². The van der Waals surface area contributed by atoms with Crippen LogP contribution < -0.4 is 4.90 Å². The first kappa shape index (κ1) is 27.4. The number of carbonyl (C=O) groups excluding carboxylic acids is 4. The smallest absolute Gasteiger partial charge is 0.339 e. The van der Waals surface area contributed by atoms with E-state index >= 15 is 0 Å². The van der Waals surface area contributed by atoms with Crippen LogP contribution in [0.1, 0.15) is 39.6 Å². The van der Waals surface area contributed by atoms with Crippen LogP contribution in [-0.4, -0.2) is 35.2 Å². The molecular formula is C35H27BrN2O5. The molecule has 4 unspecified atom stereocenters. The number of aromatic nitrogens is 1. The molecule has 0 radical (unpaired) electrons. The van der Waals surface area contributed by atoms with Crippen molar-refractivity contribution < 1.29 is 23.9 Å². The van der Waals surface area contributed by atoms with Crippen LogP contribution in [0, 0.1) is 30.6 Å². The van der Waals surface area contributed by atoms with Gasteiger partial charge in [0.1, 0.15) is 0 Å². The highest BCUT2D eigenvalue weighted by Gasteiger charge is 2.60. The van der Waals surface area contributed by atoms with Crippen molar-refractivity contribution in [2.45, 2.75) is 20.3 Å². The monoisotopic (exact) mass is 634 g/mol. The number of allylic oxidation sites excluding steroid dienone is 2. The average Bonchev–Trinajstić information content (AvgIpc) is 3.65. The van der Waals surface area contributed by atoms with Crippen molar-refractivity contribution in [2.75, 3.05) is 11.5 Å². The maximum Gasteiger partial charge on any atom is 0.339 e. The molecule has 2 aliphatic carbocycles. The highest BCUT2D eigenvalue weighted by molar-refractivity contribution is 9.10. The van der Waals surface area contributed by atoms with Gasteiger partial charge in [0.25, 0.3) is 0 Å². The molecule has 0 N–H and O–H groups in total. The number of imide groups is 1. The Balaban J connectivity index is 1.17. The van der Waals surface area contributed by atoms with Gasteiger partial charge in [-0.15, -0.1) is 0 Å². The molecule has 2 amide bonds. The number of pyridine rings is 1. The van der Waals surface area contributed by atoms with E-state index in [0.717, 1.165) is 16.5 Å². The van der Waals surface area contributed by atoms with Crippen molar-refractivity contribution in [1.29, 1.82) is 0 Å². The molecule has 2 heterocycles. The van der Waals surface area contributed by atoms with Gasteiger partial charge in [0.15, 0.2) is 12.4 Å². The zero-order valence-corrected chi connectivity index (χ0v) is 25.1. The van der Waals surface area contributed by atoms with E-state index in [2.05, 4.69) is 28.9 Å². The quantitative estimate of drug-likeness (QED) is 0.101. The van der Waals surface area contributed by atoms with Crippen LogP contribution in [-0.2, 0) is 14.3 Å². The Labute approximate surface area is 256 Å². The summed E-state index contributed by atoms with van der Waals surface area (Å²) in [6, 6.07) is 21.2. The van der Waals surface area contributed by atoms with Crippen molar-refractivity contribution in [1.82, 2.24) is 4.98 Å². The fraction of sp³-hybridized carbons (Fsp3) is 0.229. The van der Waals surface area contributed by atoms with Crippen LogP contribution in [0.2, 0.25) is 0 Å². The zero-order valence-electron chi connectivity index (χ0n) is 23.5. The van der Waals surface area contributed by atoms with Gasteiger partial charge in [0.2, 0.25) is 11.8 Å². The van der Waals surface area contributed by atoms with E-state index < -0.39 is 12.6 Å². The molecule has 1 saturated carbocycles. The van der Waals surface area contributed by atoms with Crippen LogP contribution in [0.3, 0.4) is 0 Å². The molecule has 4 aromatic rings. The highest BCUT2D eigenvalue weighted by atomic mass is 79.9. The lowest BCUT2D eigenvalue weighted by atomic mass is 9.82. The minimum atomic E-state index is -0.625. The standard InChI is InChI=1S/C35H27BrN2O5/c1-18-4-3-5-25-27(35(42)43-17-29(39)21-6-10-23(36)11-7-21)16-28(37-32(18)25)20-8-12-24(13-9-20)38-33(40)30-22-14-19(2)26(15-22)31(30)34(38)41/h3-14,16,22,26,30-31H,15,17H2,1-2H3. The number of aryl methyl sites for hydroxylation is 1. The van der Waals surface area contributed by atoms with Gasteiger partial charge in [-0.3, -0.25) is 19.3 Å². The van der Waals surface area contributed by atoms with Crippen LogP contribution in [0.15, 0.2) is 88.9 Å². The second-order valence-electron chi connectivity index (χ2n) is 11.6. The maximum absolute atomic E-state index is 13.4. The normalized spacial score (nSPS) is 22.2. The van der Waals surface area contributed by atoms with Crippen molar-refractivity contribution in [3.05, 3.63) is 106 Å². The fourth-order valence-electron chi connectivity index (χ4n) is 6.95. The summed E-state index contributed by atoms with van der Waals surface area (Å²) in [5.74, 6) is -1.41. The number of hydrogen-bond acceptors (Lipinski definition) is 6. The first-order valence-corrected chi connectivity index (χ1v) is 15.0. The Morgan fingerprint density at radius 2 is 1.67 bits per heavy atom. The van der Waals surface area contributed by atoms with E-state index in [4.69, 9.17) is 9.72 Å². The topological polar surface area (TPSA) is 93.6 Å². The number of amides is 2. The Morgan fingerprint density at radius 3 is 2.42 bits per heavy atom. The van der Waals surface area contributed by atoms with Crippen LogP contribution in [0.5, 0.6) is 0 Å². The molecule has 1 aromatic heterocycles. The first-order valence-electron chi connectivity index (χ1n) is 14.2. The first-order chi connectivity index (χ1) is 20.7. The number of anilines is 1. The Kier molecular flexibility index (Phi) is 6.62. The molecule has 214 valence electrons. The van der Waals surface area contributed by atoms with Gasteiger partial charge in [-0.25, -0.2) is 9.78 Å². The number of esters is 1. The number of Topliss-reactive ketones (excluding diaryl/α,β-unsaturated/α-hetero) is 1. The molecular weight excluding hydrogens is 608 g/mol. The summed E-state index contributed by atoms with van der Waals surface area (Å²) in [6.45, 7) is 3.58. The molecule has 7 rings (SSSR count). The van der Waals surface area contributed by atoms with E-state index in [1.807, 2.05) is 19.1 Å². The van der Waals surface area contributed by atoms with E-state index in [1.54, 1.807) is 60.7 Å². The van der Waals surface area contributed by atoms with Crippen LogP contribution in [0.25, 0.3) is 22.2 Å². The molecule has 3 aliphatic rings. The Bertz CT molecular complexity index is 1880. The number of fused-ring (bicyclic) bond motifs is 6. The minimum Gasteiger partial charge on any atom is -0.454 e. The number of nitrogens with zero attached hydrogens (tertiary/aromatic N) is 2. The van der Waals surface area contributed by atoms with E-state index in [0.29, 0.717) is 39.0 Å². The van der Waals surface area contributed by atoms with Gasteiger partial charge in [-0.2, -0.15) is 0 Å². The number of rotatable bonds is 6. The van der Waals surface area contributed by atoms with Crippen molar-refractivity contribution in [3.63, 3.8) is 0 Å². The lowest BCUT2D eigenvalue weighted by Crippen LogP contribution is -2.32. The molecule has 8 heteroatoms. The van der Waals surface area contributed by atoms with E-state index in [9.17, 15) is 19.2 Å². The number of hydrogen-bond donors (Lipinski definition) is 0. The predicted molar refractivity (Wildman–Crippen MR) is 165 cm³/mol. The zero-order chi connectivity index (χ0) is 30.0. The molecule has 2 bridgehead atoms. The molecule has 3 aromatic carbocycles. The highest BCUT2D eigenvalue weighted by Crippen LogP contribution is 2.56. The fourth-order valence-corrected chi connectivity index (χ4v) is 7.21. The van der Waals surface area contributed by atoms with Gasteiger partial charge < -0.3 is 4.74 Å². The summed E-state index contributed by atoms with van der Waals surface area (Å²) < 4.78 is 6.32. The summed E-state index contributed by atoms with van der Waals surface area (Å²) in [4.78, 5) is 58.9. The number of halogens is 1. The average molecular weight is 636 g/mol. The minimum absolute atomic E-state index is 0.120. The molecule has 0 spiro atoms. The maximum atomic E-state index is 13.4. The van der Waals surface area contributed by atoms with Gasteiger partial charge >= 0.3 is 5.97 Å². The lowest BCUT2D eigenvalue weighted by molar-refractivity contribution is -0.123. The summed E-state index contributed by atoms with van der Waals surface area (Å²) in [5, 5.41) is 0.625. The van der Waals surface area contributed by atoms with Crippen molar-refractivity contribution >= 4 is 56.1 Å². The van der Waals surface area contributed by atoms with Crippen molar-refractivity contribution in [3.8, 4) is 11.3 Å². The molecule has 1 aliphatic heterocycles. The molecule has 43 heavy (non-hydrogen) atoms. The number of benzene rings is 3. The number of carbonyl (C=O) groups is 4. The van der Waals surface area contributed by atoms with Gasteiger partial charge in [0, 0.05) is 21.0 Å². The van der Waals surface area contributed by atoms with E-state index in [1.165, 1.54) is 10.5 Å².